The maximum Gasteiger partial charge on any atom is 0.326 e. The molecule has 0 spiro atoms. The first-order valence-corrected chi connectivity index (χ1v) is 5.53. The number of carboxylic acids is 1. The van der Waals surface area contributed by atoms with Gasteiger partial charge < -0.3 is 10.4 Å². The van der Waals surface area contributed by atoms with Crippen LogP contribution in [-0.2, 0) is 4.79 Å². The number of carboxylic acid groups (broad SMARTS) is 1. The zero-order chi connectivity index (χ0) is 11.3. The molecule has 1 unspecified atom stereocenters. The second-order valence-corrected chi connectivity index (χ2v) is 4.03. The first-order chi connectivity index (χ1) is 7.15. The van der Waals surface area contributed by atoms with Crippen LogP contribution in [0.15, 0.2) is 22.9 Å². The van der Waals surface area contributed by atoms with E-state index in [9.17, 15) is 4.79 Å². The molecule has 0 saturated carbocycles. The molecule has 1 heterocycles. The van der Waals surface area contributed by atoms with Gasteiger partial charge in [0.1, 0.15) is 6.04 Å². The van der Waals surface area contributed by atoms with Gasteiger partial charge in [-0.15, -0.1) is 0 Å². The maximum absolute atomic E-state index is 10.9. The molecule has 1 aromatic rings. The Balaban J connectivity index is 2.74. The second-order valence-electron chi connectivity index (χ2n) is 3.18. The fraction of sp³-hybridized carbons (Fsp3) is 0.400. The molecule has 2 N–H and O–H groups in total. The maximum atomic E-state index is 10.9. The highest BCUT2D eigenvalue weighted by Crippen LogP contribution is 2.21. The van der Waals surface area contributed by atoms with Crippen molar-refractivity contribution in [2.24, 2.45) is 0 Å². The molecule has 15 heavy (non-hydrogen) atoms. The summed E-state index contributed by atoms with van der Waals surface area (Å²) in [7, 11) is 0. The average molecular weight is 273 g/mol. The Morgan fingerprint density at radius 1 is 1.73 bits per heavy atom. The van der Waals surface area contributed by atoms with E-state index in [4.69, 9.17) is 5.11 Å². The zero-order valence-corrected chi connectivity index (χ0v) is 9.99. The molecule has 0 aliphatic rings. The molecule has 4 nitrogen and oxygen atoms in total. The molecule has 1 aromatic heterocycles. The standard InChI is InChI=1S/C10H13BrN2O2/c1-2-3-9(10(14)15)13-8-4-5-12-6-7(8)11/h4-6,9H,2-3H2,1H3,(H,12,13)(H,14,15). The van der Waals surface area contributed by atoms with Crippen molar-refractivity contribution in [1.29, 1.82) is 0 Å². The van der Waals surface area contributed by atoms with Crippen molar-refractivity contribution >= 4 is 27.6 Å². The highest BCUT2D eigenvalue weighted by Gasteiger charge is 2.16. The van der Waals surface area contributed by atoms with E-state index < -0.39 is 12.0 Å². The number of nitrogens with zero attached hydrogens (tertiary/aromatic N) is 1. The Hall–Kier alpha value is -1.10. The third kappa shape index (κ3) is 3.51. The van der Waals surface area contributed by atoms with Crippen LogP contribution in [0.5, 0.6) is 0 Å². The number of pyridine rings is 1. The normalized spacial score (nSPS) is 12.1. The van der Waals surface area contributed by atoms with Crippen molar-refractivity contribution < 1.29 is 9.90 Å². The van der Waals surface area contributed by atoms with Gasteiger partial charge in [0, 0.05) is 12.4 Å². The summed E-state index contributed by atoms with van der Waals surface area (Å²) in [6.07, 6.45) is 4.68. The largest absolute Gasteiger partial charge is 0.480 e. The SMILES string of the molecule is CCCC(Nc1ccncc1Br)C(=O)O. The molecule has 0 aliphatic heterocycles. The number of halogens is 1. The minimum absolute atomic E-state index is 0.548. The minimum Gasteiger partial charge on any atom is -0.480 e. The third-order valence-corrected chi connectivity index (χ3v) is 2.61. The molecule has 0 aromatic carbocycles. The van der Waals surface area contributed by atoms with E-state index in [1.165, 1.54) is 0 Å². The van der Waals surface area contributed by atoms with Gasteiger partial charge in [0.15, 0.2) is 0 Å². The highest BCUT2D eigenvalue weighted by atomic mass is 79.9. The summed E-state index contributed by atoms with van der Waals surface area (Å²) in [5.74, 6) is -0.833. The molecule has 0 bridgehead atoms. The highest BCUT2D eigenvalue weighted by molar-refractivity contribution is 9.10. The van der Waals surface area contributed by atoms with Gasteiger partial charge in [-0.25, -0.2) is 4.79 Å². The summed E-state index contributed by atoms with van der Waals surface area (Å²) < 4.78 is 0.771. The number of nitrogens with one attached hydrogen (secondary N) is 1. The number of carbonyl (C=O) groups is 1. The number of anilines is 1. The van der Waals surface area contributed by atoms with Crippen molar-refractivity contribution in [3.63, 3.8) is 0 Å². The molecule has 0 aliphatic carbocycles. The Kier molecular flexibility index (Phi) is 4.55. The zero-order valence-electron chi connectivity index (χ0n) is 8.40. The molecule has 5 heteroatoms. The summed E-state index contributed by atoms with van der Waals surface area (Å²) >= 11 is 3.31. The molecule has 0 fully saturated rings. The average Bonchev–Trinajstić information content (AvgIpc) is 2.20. The van der Waals surface area contributed by atoms with Crippen LogP contribution in [0, 0.1) is 0 Å². The van der Waals surface area contributed by atoms with Gasteiger partial charge in [0.05, 0.1) is 10.2 Å². The summed E-state index contributed by atoms with van der Waals surface area (Å²) in [4.78, 5) is 14.8. The summed E-state index contributed by atoms with van der Waals surface area (Å²) in [6.45, 7) is 1.96. The van der Waals surface area contributed by atoms with Crippen molar-refractivity contribution in [1.82, 2.24) is 4.98 Å². The lowest BCUT2D eigenvalue weighted by Crippen LogP contribution is -2.29. The number of rotatable bonds is 5. The fourth-order valence-electron chi connectivity index (χ4n) is 1.23. The molecule has 0 amide bonds. The van der Waals surface area contributed by atoms with Crippen LogP contribution in [0.25, 0.3) is 0 Å². The summed E-state index contributed by atoms with van der Waals surface area (Å²) in [6, 6.07) is 1.20. The topological polar surface area (TPSA) is 62.2 Å². The van der Waals surface area contributed by atoms with E-state index in [-0.39, 0.29) is 0 Å². The molecule has 0 saturated heterocycles. The lowest BCUT2D eigenvalue weighted by atomic mass is 10.1. The Morgan fingerprint density at radius 2 is 2.47 bits per heavy atom. The van der Waals surface area contributed by atoms with Gasteiger partial charge in [-0.1, -0.05) is 13.3 Å². The summed E-state index contributed by atoms with van der Waals surface area (Å²) in [5.41, 5.74) is 0.755. The first-order valence-electron chi connectivity index (χ1n) is 4.74. The second kappa shape index (κ2) is 5.70. The van der Waals surface area contributed by atoms with Crippen LogP contribution in [0.2, 0.25) is 0 Å². The molecule has 1 rings (SSSR count). The van der Waals surface area contributed by atoms with Crippen LogP contribution in [0.1, 0.15) is 19.8 Å². The molecule has 1 atom stereocenters. The van der Waals surface area contributed by atoms with Gasteiger partial charge in [-0.2, -0.15) is 0 Å². The monoisotopic (exact) mass is 272 g/mol. The number of aromatic nitrogens is 1. The first kappa shape index (κ1) is 12.0. The van der Waals surface area contributed by atoms with Gasteiger partial charge in [-0.05, 0) is 28.4 Å². The van der Waals surface area contributed by atoms with Crippen molar-refractivity contribution in [2.45, 2.75) is 25.8 Å². The molecule has 82 valence electrons. The van der Waals surface area contributed by atoms with Crippen LogP contribution in [0.3, 0.4) is 0 Å². The van der Waals surface area contributed by atoms with Gasteiger partial charge in [-0.3, -0.25) is 4.98 Å². The summed E-state index contributed by atoms with van der Waals surface area (Å²) in [5, 5.41) is 11.9. The third-order valence-electron chi connectivity index (χ3n) is 1.98. The van der Waals surface area contributed by atoms with E-state index in [0.29, 0.717) is 6.42 Å². The number of aliphatic carboxylic acids is 1. The quantitative estimate of drug-likeness (QED) is 0.865. The minimum atomic E-state index is -0.833. The number of hydrogen-bond acceptors (Lipinski definition) is 3. The van der Waals surface area contributed by atoms with Crippen molar-refractivity contribution in [3.8, 4) is 0 Å². The van der Waals surface area contributed by atoms with Crippen molar-refractivity contribution in [2.75, 3.05) is 5.32 Å². The van der Waals surface area contributed by atoms with E-state index in [1.807, 2.05) is 6.92 Å². The van der Waals surface area contributed by atoms with Gasteiger partial charge in [0.2, 0.25) is 0 Å². The van der Waals surface area contributed by atoms with Crippen molar-refractivity contribution in [3.05, 3.63) is 22.9 Å². The fourth-order valence-corrected chi connectivity index (χ4v) is 1.59. The Morgan fingerprint density at radius 3 is 3.00 bits per heavy atom. The number of hydrogen-bond donors (Lipinski definition) is 2. The Bertz CT molecular complexity index is 344. The Labute approximate surface area is 96.8 Å². The van der Waals surface area contributed by atoms with Crippen LogP contribution >= 0.6 is 15.9 Å². The van der Waals surface area contributed by atoms with Crippen LogP contribution in [-0.4, -0.2) is 22.1 Å². The van der Waals surface area contributed by atoms with E-state index in [0.717, 1.165) is 16.6 Å². The van der Waals surface area contributed by atoms with Gasteiger partial charge in [0.25, 0.3) is 0 Å². The van der Waals surface area contributed by atoms with Crippen LogP contribution < -0.4 is 5.32 Å². The smallest absolute Gasteiger partial charge is 0.326 e. The van der Waals surface area contributed by atoms with Crippen LogP contribution in [0.4, 0.5) is 5.69 Å². The molecular formula is C10H13BrN2O2. The predicted octanol–water partition coefficient (Wildman–Crippen LogP) is 2.51. The lowest BCUT2D eigenvalue weighted by Gasteiger charge is -2.15. The van der Waals surface area contributed by atoms with Gasteiger partial charge >= 0.3 is 5.97 Å². The van der Waals surface area contributed by atoms with E-state index in [2.05, 4.69) is 26.2 Å². The van der Waals surface area contributed by atoms with E-state index >= 15 is 0 Å². The predicted molar refractivity (Wildman–Crippen MR) is 61.9 cm³/mol. The lowest BCUT2D eigenvalue weighted by molar-refractivity contribution is -0.138. The van der Waals surface area contributed by atoms with E-state index in [1.54, 1.807) is 18.5 Å². The molecular weight excluding hydrogens is 260 g/mol. The molecule has 0 radical (unpaired) electrons.